The molecule has 0 unspecified atom stereocenters. The summed E-state index contributed by atoms with van der Waals surface area (Å²) in [6, 6.07) is 3.90. The van der Waals surface area contributed by atoms with Crippen LogP contribution in [0, 0.1) is 0 Å². The van der Waals surface area contributed by atoms with E-state index in [1.807, 2.05) is 0 Å². The first-order chi connectivity index (χ1) is 9.19. The minimum Gasteiger partial charge on any atom is -0.467 e. The second-order valence-corrected chi connectivity index (χ2v) is 4.56. The predicted molar refractivity (Wildman–Crippen MR) is 71.4 cm³/mol. The molecule has 0 radical (unpaired) electrons. The number of benzene rings is 1. The van der Waals surface area contributed by atoms with E-state index in [2.05, 4.69) is 9.97 Å². The molecule has 3 rings (SSSR count). The summed E-state index contributed by atoms with van der Waals surface area (Å²) in [6.45, 7) is 0.371. The van der Waals surface area contributed by atoms with Crippen molar-refractivity contribution >= 4 is 24.2 Å². The number of rotatable bonds is 2. The van der Waals surface area contributed by atoms with Gasteiger partial charge in [-0.15, -0.1) is 0 Å². The monoisotopic (exact) mass is 276 g/mol. The molecule has 7 heteroatoms. The fourth-order valence-corrected chi connectivity index (χ4v) is 2.32. The number of hydrogen-bond acceptors (Lipinski definition) is 5. The van der Waals surface area contributed by atoms with Gasteiger partial charge in [0, 0.05) is 28.5 Å². The molecule has 0 saturated carbocycles. The van der Waals surface area contributed by atoms with Crippen molar-refractivity contribution in [1.29, 1.82) is 0 Å². The molecule has 19 heavy (non-hydrogen) atoms. The summed E-state index contributed by atoms with van der Waals surface area (Å²) in [5, 5.41) is 10.3. The average molecular weight is 276 g/mol. The maximum Gasteiger partial charge on any atom is 0.491 e. The standard InChI is InChI=1S/C12H10BClN2O3/c1-18-12-15-4-8(5-16-12)9-3-10-7(2-11(9)14)6-19-13(10)17/h2-5,17H,6H2,1H3. The minimum atomic E-state index is -0.898. The Balaban J connectivity index is 2.06. The van der Waals surface area contributed by atoms with Crippen LogP contribution < -0.4 is 10.2 Å². The molecule has 0 bridgehead atoms. The summed E-state index contributed by atoms with van der Waals surface area (Å²) in [5.41, 5.74) is 3.14. The Morgan fingerprint density at radius 3 is 2.79 bits per heavy atom. The Labute approximate surface area is 115 Å². The molecule has 1 N–H and O–H groups in total. The van der Waals surface area contributed by atoms with Crippen LogP contribution >= 0.6 is 11.6 Å². The van der Waals surface area contributed by atoms with Crippen molar-refractivity contribution in [3.05, 3.63) is 35.1 Å². The van der Waals surface area contributed by atoms with Gasteiger partial charge in [-0.1, -0.05) is 17.7 Å². The molecule has 1 aromatic carbocycles. The molecule has 2 heterocycles. The third-order valence-electron chi connectivity index (χ3n) is 3.01. The van der Waals surface area contributed by atoms with Crippen LogP contribution in [-0.4, -0.2) is 29.2 Å². The van der Waals surface area contributed by atoms with E-state index in [1.54, 1.807) is 24.5 Å². The second kappa shape index (κ2) is 4.81. The quantitative estimate of drug-likeness (QED) is 0.830. The van der Waals surface area contributed by atoms with Crippen LogP contribution in [0.15, 0.2) is 24.5 Å². The van der Waals surface area contributed by atoms with Crippen molar-refractivity contribution in [1.82, 2.24) is 9.97 Å². The second-order valence-electron chi connectivity index (χ2n) is 4.15. The molecule has 2 aromatic rings. The zero-order valence-electron chi connectivity index (χ0n) is 10.1. The number of aromatic nitrogens is 2. The van der Waals surface area contributed by atoms with Crippen LogP contribution in [-0.2, 0) is 11.3 Å². The van der Waals surface area contributed by atoms with Crippen LogP contribution in [0.1, 0.15) is 5.56 Å². The highest BCUT2D eigenvalue weighted by molar-refractivity contribution is 6.61. The number of fused-ring (bicyclic) bond motifs is 1. The summed E-state index contributed by atoms with van der Waals surface area (Å²) in [4.78, 5) is 8.08. The van der Waals surface area contributed by atoms with Crippen molar-refractivity contribution in [2.24, 2.45) is 0 Å². The highest BCUT2D eigenvalue weighted by atomic mass is 35.5. The van der Waals surface area contributed by atoms with Gasteiger partial charge in [0.2, 0.25) is 0 Å². The van der Waals surface area contributed by atoms with Crippen LogP contribution in [0.3, 0.4) is 0 Å². The lowest BCUT2D eigenvalue weighted by molar-refractivity contribution is 0.275. The molecule has 0 saturated heterocycles. The molecule has 0 atom stereocenters. The van der Waals surface area contributed by atoms with Crippen molar-refractivity contribution in [3.8, 4) is 17.1 Å². The molecule has 96 valence electrons. The predicted octanol–water partition coefficient (Wildman–Crippen LogP) is 1.02. The largest absolute Gasteiger partial charge is 0.491 e. The molecular formula is C12H10BClN2O3. The Morgan fingerprint density at radius 1 is 1.37 bits per heavy atom. The maximum atomic E-state index is 9.71. The van der Waals surface area contributed by atoms with E-state index in [9.17, 15) is 5.02 Å². The van der Waals surface area contributed by atoms with E-state index in [0.29, 0.717) is 17.6 Å². The van der Waals surface area contributed by atoms with Crippen LogP contribution in [0.4, 0.5) is 0 Å². The molecule has 0 aliphatic carbocycles. The van der Waals surface area contributed by atoms with Gasteiger partial charge in [-0.25, -0.2) is 9.97 Å². The lowest BCUT2D eigenvalue weighted by atomic mass is 9.78. The maximum absolute atomic E-state index is 9.71. The van der Waals surface area contributed by atoms with E-state index in [1.165, 1.54) is 7.11 Å². The lowest BCUT2D eigenvalue weighted by Gasteiger charge is -2.07. The molecular weight excluding hydrogens is 266 g/mol. The van der Waals surface area contributed by atoms with Crippen LogP contribution in [0.5, 0.6) is 6.01 Å². The fourth-order valence-electron chi connectivity index (χ4n) is 2.03. The number of ether oxygens (including phenoxy) is 1. The molecule has 0 spiro atoms. The molecule has 0 amide bonds. The summed E-state index contributed by atoms with van der Waals surface area (Å²) in [7, 11) is 0.607. The third-order valence-corrected chi connectivity index (χ3v) is 3.33. The van der Waals surface area contributed by atoms with E-state index < -0.39 is 7.12 Å². The van der Waals surface area contributed by atoms with Gasteiger partial charge in [-0.2, -0.15) is 0 Å². The fraction of sp³-hybridized carbons (Fsp3) is 0.167. The smallest absolute Gasteiger partial charge is 0.467 e. The van der Waals surface area contributed by atoms with Crippen LogP contribution in [0.25, 0.3) is 11.1 Å². The number of methoxy groups -OCH3 is 1. The van der Waals surface area contributed by atoms with Gasteiger partial charge in [0.15, 0.2) is 0 Å². The number of halogens is 1. The lowest BCUT2D eigenvalue weighted by Crippen LogP contribution is -2.28. The van der Waals surface area contributed by atoms with Crippen LogP contribution in [0.2, 0.25) is 5.02 Å². The SMILES string of the molecule is COc1ncc(-c2cc3c(cc2Cl)COB3O)cn1. The minimum absolute atomic E-state index is 0.296. The van der Waals surface area contributed by atoms with E-state index in [0.717, 1.165) is 22.2 Å². The summed E-state index contributed by atoms with van der Waals surface area (Å²) < 4.78 is 10.1. The summed E-state index contributed by atoms with van der Waals surface area (Å²) >= 11 is 6.24. The molecule has 5 nitrogen and oxygen atoms in total. The third kappa shape index (κ3) is 2.18. The molecule has 0 fully saturated rings. The highest BCUT2D eigenvalue weighted by Crippen LogP contribution is 2.29. The van der Waals surface area contributed by atoms with Crippen molar-refractivity contribution in [2.45, 2.75) is 6.61 Å². The molecule has 1 aromatic heterocycles. The van der Waals surface area contributed by atoms with Crippen molar-refractivity contribution < 1.29 is 14.4 Å². The van der Waals surface area contributed by atoms with Crippen molar-refractivity contribution in [3.63, 3.8) is 0 Å². The van der Waals surface area contributed by atoms with Gasteiger partial charge in [0.25, 0.3) is 0 Å². The van der Waals surface area contributed by atoms with Gasteiger partial charge in [-0.3, -0.25) is 0 Å². The summed E-state index contributed by atoms with van der Waals surface area (Å²) in [5.74, 6) is 0. The average Bonchev–Trinajstić information content (AvgIpc) is 2.79. The van der Waals surface area contributed by atoms with Crippen molar-refractivity contribution in [2.75, 3.05) is 7.11 Å². The molecule has 1 aliphatic rings. The zero-order valence-corrected chi connectivity index (χ0v) is 10.9. The first-order valence-electron chi connectivity index (χ1n) is 5.67. The Kier molecular flexibility index (Phi) is 3.14. The molecule has 1 aliphatic heterocycles. The van der Waals surface area contributed by atoms with E-state index in [-0.39, 0.29) is 0 Å². The number of nitrogens with zero attached hydrogens (tertiary/aromatic N) is 2. The first kappa shape index (κ1) is 12.4. The van der Waals surface area contributed by atoms with Gasteiger partial charge < -0.3 is 14.4 Å². The Hall–Kier alpha value is -1.63. The first-order valence-corrected chi connectivity index (χ1v) is 6.05. The number of hydrogen-bond donors (Lipinski definition) is 1. The zero-order chi connectivity index (χ0) is 13.4. The van der Waals surface area contributed by atoms with Gasteiger partial charge >= 0.3 is 13.1 Å². The summed E-state index contributed by atoms with van der Waals surface area (Å²) in [6.07, 6.45) is 3.25. The Morgan fingerprint density at radius 2 is 2.11 bits per heavy atom. The van der Waals surface area contributed by atoms with Gasteiger partial charge in [0.05, 0.1) is 13.7 Å². The van der Waals surface area contributed by atoms with E-state index >= 15 is 0 Å². The van der Waals surface area contributed by atoms with Gasteiger partial charge in [0.1, 0.15) is 0 Å². The van der Waals surface area contributed by atoms with E-state index in [4.69, 9.17) is 21.0 Å². The topological polar surface area (TPSA) is 64.5 Å². The highest BCUT2D eigenvalue weighted by Gasteiger charge is 2.28. The van der Waals surface area contributed by atoms with Gasteiger partial charge in [-0.05, 0) is 17.1 Å². The normalized spacial score (nSPS) is 13.5. The Bertz CT molecular complexity index is 621.